The minimum Gasteiger partial charge on any atom is -0.469 e. The summed E-state index contributed by atoms with van der Waals surface area (Å²) in [5.74, 6) is 2.67. The maximum Gasteiger partial charge on any atom is 0.310 e. The Morgan fingerprint density at radius 3 is 2.75 bits per heavy atom. The normalized spacial score (nSPS) is 31.6. The number of methoxy groups -OCH3 is 1. The zero-order valence-corrected chi connectivity index (χ0v) is 11.6. The van der Waals surface area contributed by atoms with Crippen molar-refractivity contribution in [1.82, 2.24) is 5.32 Å². The topological polar surface area (TPSA) is 38.3 Å². The fourth-order valence-corrected chi connectivity index (χ4v) is 3.69. The minimum absolute atomic E-state index is 0.0876. The van der Waals surface area contributed by atoms with Crippen LogP contribution in [0.4, 0.5) is 0 Å². The number of carbonyl (C=O) groups is 1. The third-order valence-electron chi connectivity index (χ3n) is 4.66. The molecule has 1 aromatic rings. The van der Waals surface area contributed by atoms with Crippen LogP contribution >= 0.6 is 0 Å². The molecular weight excluding hydrogens is 250 g/mol. The van der Waals surface area contributed by atoms with Gasteiger partial charge in [-0.15, -0.1) is 6.42 Å². The molecular formula is C17H19NO2. The average molecular weight is 269 g/mol. The molecule has 4 atom stereocenters. The molecule has 1 N–H and O–H groups in total. The van der Waals surface area contributed by atoms with E-state index in [9.17, 15) is 4.79 Å². The van der Waals surface area contributed by atoms with Gasteiger partial charge in [0.15, 0.2) is 0 Å². The third-order valence-corrected chi connectivity index (χ3v) is 4.66. The van der Waals surface area contributed by atoms with Gasteiger partial charge in [-0.1, -0.05) is 18.1 Å². The van der Waals surface area contributed by atoms with Gasteiger partial charge in [-0.05, 0) is 37.0 Å². The highest BCUT2D eigenvalue weighted by molar-refractivity contribution is 5.75. The van der Waals surface area contributed by atoms with Gasteiger partial charge in [-0.25, -0.2) is 0 Å². The second kappa shape index (κ2) is 5.30. The first-order valence-corrected chi connectivity index (χ1v) is 7.13. The van der Waals surface area contributed by atoms with Crippen LogP contribution < -0.4 is 5.32 Å². The molecule has 2 aliphatic heterocycles. The summed E-state index contributed by atoms with van der Waals surface area (Å²) in [6.07, 6.45) is 8.60. The van der Waals surface area contributed by atoms with Crippen molar-refractivity contribution in [1.29, 1.82) is 0 Å². The molecule has 0 unspecified atom stereocenters. The Kier molecular flexibility index (Phi) is 3.50. The molecule has 2 bridgehead atoms. The maximum atomic E-state index is 12.2. The largest absolute Gasteiger partial charge is 0.469 e. The number of hydrogen-bond acceptors (Lipinski definition) is 3. The molecule has 104 valence electrons. The van der Waals surface area contributed by atoms with Crippen LogP contribution in [0.5, 0.6) is 0 Å². The van der Waals surface area contributed by atoms with Crippen molar-refractivity contribution in [2.24, 2.45) is 5.92 Å². The SMILES string of the molecule is C#Cc1ccc([C@@H]2C[C@H]3CC[C@@H](N3)[C@H]2C(=O)OC)cc1. The van der Waals surface area contributed by atoms with Gasteiger partial charge in [0.2, 0.25) is 0 Å². The number of fused-ring (bicyclic) bond motifs is 2. The number of ether oxygens (including phenoxy) is 1. The van der Waals surface area contributed by atoms with Crippen molar-refractivity contribution in [3.63, 3.8) is 0 Å². The standard InChI is InChI=1S/C17H19NO2/c1-3-11-4-6-12(7-5-11)14-10-13-8-9-15(18-13)16(14)17(19)20-2/h1,4-7,13-16,18H,8-10H2,2H3/t13-,14+,15-,16+/m1/s1. The molecule has 2 heterocycles. The van der Waals surface area contributed by atoms with Gasteiger partial charge in [0, 0.05) is 23.6 Å². The molecule has 2 aliphatic rings. The van der Waals surface area contributed by atoms with E-state index < -0.39 is 0 Å². The maximum absolute atomic E-state index is 12.2. The van der Waals surface area contributed by atoms with Crippen LogP contribution in [0.2, 0.25) is 0 Å². The summed E-state index contributed by atoms with van der Waals surface area (Å²) in [6.45, 7) is 0. The lowest BCUT2D eigenvalue weighted by molar-refractivity contribution is -0.148. The minimum atomic E-state index is -0.103. The van der Waals surface area contributed by atoms with Crippen LogP contribution in [-0.2, 0) is 9.53 Å². The van der Waals surface area contributed by atoms with Gasteiger partial charge < -0.3 is 10.1 Å². The predicted molar refractivity (Wildman–Crippen MR) is 77.2 cm³/mol. The Bertz CT molecular complexity index is 543. The molecule has 2 fully saturated rings. The lowest BCUT2D eigenvalue weighted by Crippen LogP contribution is -2.48. The van der Waals surface area contributed by atoms with E-state index in [0.717, 1.165) is 24.8 Å². The number of hydrogen-bond donors (Lipinski definition) is 1. The summed E-state index contributed by atoms with van der Waals surface area (Å²) >= 11 is 0. The van der Waals surface area contributed by atoms with Crippen LogP contribution in [0.3, 0.4) is 0 Å². The van der Waals surface area contributed by atoms with Gasteiger partial charge in [0.1, 0.15) is 0 Å². The molecule has 3 rings (SSSR count). The number of carbonyl (C=O) groups excluding carboxylic acids is 1. The fraction of sp³-hybridized carbons (Fsp3) is 0.471. The van der Waals surface area contributed by atoms with Gasteiger partial charge in [0.05, 0.1) is 13.0 Å². The Morgan fingerprint density at radius 2 is 2.10 bits per heavy atom. The third kappa shape index (κ3) is 2.21. The van der Waals surface area contributed by atoms with E-state index in [-0.39, 0.29) is 23.8 Å². The highest BCUT2D eigenvalue weighted by Crippen LogP contribution is 2.42. The predicted octanol–water partition coefficient (Wildman–Crippen LogP) is 2.06. The molecule has 0 saturated carbocycles. The van der Waals surface area contributed by atoms with Gasteiger partial charge in [0.25, 0.3) is 0 Å². The Hall–Kier alpha value is -1.79. The van der Waals surface area contributed by atoms with E-state index in [2.05, 4.69) is 23.4 Å². The molecule has 3 heteroatoms. The first kappa shape index (κ1) is 13.2. The molecule has 2 saturated heterocycles. The van der Waals surface area contributed by atoms with Crippen molar-refractivity contribution >= 4 is 5.97 Å². The van der Waals surface area contributed by atoms with Gasteiger partial charge in [-0.3, -0.25) is 4.79 Å². The van der Waals surface area contributed by atoms with Crippen molar-refractivity contribution in [3.05, 3.63) is 35.4 Å². The van der Waals surface area contributed by atoms with Crippen molar-refractivity contribution in [2.75, 3.05) is 7.11 Å². The van der Waals surface area contributed by atoms with E-state index in [0.29, 0.717) is 6.04 Å². The Labute approximate surface area is 119 Å². The fourth-order valence-electron chi connectivity index (χ4n) is 3.69. The quantitative estimate of drug-likeness (QED) is 0.660. The number of rotatable bonds is 2. The van der Waals surface area contributed by atoms with Crippen LogP contribution in [0, 0.1) is 18.3 Å². The number of piperidine rings is 1. The zero-order valence-electron chi connectivity index (χ0n) is 11.6. The van der Waals surface area contributed by atoms with Crippen LogP contribution in [0.25, 0.3) is 0 Å². The van der Waals surface area contributed by atoms with Crippen LogP contribution in [-0.4, -0.2) is 25.2 Å². The lowest BCUT2D eigenvalue weighted by Gasteiger charge is -2.36. The second-order valence-corrected chi connectivity index (χ2v) is 5.70. The summed E-state index contributed by atoms with van der Waals surface area (Å²) in [7, 11) is 1.47. The number of nitrogens with one attached hydrogen (secondary N) is 1. The van der Waals surface area contributed by atoms with Gasteiger partial charge in [-0.2, -0.15) is 0 Å². The molecule has 0 spiro atoms. The molecule has 0 radical (unpaired) electrons. The van der Waals surface area contributed by atoms with Crippen molar-refractivity contribution < 1.29 is 9.53 Å². The molecule has 3 nitrogen and oxygen atoms in total. The smallest absolute Gasteiger partial charge is 0.310 e. The van der Waals surface area contributed by atoms with E-state index in [1.165, 1.54) is 12.7 Å². The summed E-state index contributed by atoms with van der Waals surface area (Å²) in [5.41, 5.74) is 2.07. The molecule has 20 heavy (non-hydrogen) atoms. The van der Waals surface area contributed by atoms with E-state index >= 15 is 0 Å². The second-order valence-electron chi connectivity index (χ2n) is 5.70. The zero-order chi connectivity index (χ0) is 14.1. The summed E-state index contributed by atoms with van der Waals surface area (Å²) in [4.78, 5) is 12.2. The highest BCUT2D eigenvalue weighted by atomic mass is 16.5. The van der Waals surface area contributed by atoms with Crippen LogP contribution in [0.1, 0.15) is 36.3 Å². The van der Waals surface area contributed by atoms with Crippen molar-refractivity contribution in [2.45, 2.75) is 37.3 Å². The van der Waals surface area contributed by atoms with E-state index in [1.54, 1.807) is 0 Å². The summed E-state index contributed by atoms with van der Waals surface area (Å²) in [6, 6.07) is 8.79. The monoisotopic (exact) mass is 269 g/mol. The van der Waals surface area contributed by atoms with Gasteiger partial charge >= 0.3 is 5.97 Å². The lowest BCUT2D eigenvalue weighted by atomic mass is 9.77. The number of benzene rings is 1. The average Bonchev–Trinajstić information content (AvgIpc) is 2.88. The summed E-state index contributed by atoms with van der Waals surface area (Å²) in [5, 5.41) is 3.54. The summed E-state index contributed by atoms with van der Waals surface area (Å²) < 4.78 is 5.03. The number of esters is 1. The van der Waals surface area contributed by atoms with E-state index in [1.807, 2.05) is 12.1 Å². The first-order chi connectivity index (χ1) is 9.72. The first-order valence-electron chi connectivity index (χ1n) is 7.13. The van der Waals surface area contributed by atoms with Crippen molar-refractivity contribution in [3.8, 4) is 12.3 Å². The molecule has 1 aromatic carbocycles. The molecule has 0 aromatic heterocycles. The Morgan fingerprint density at radius 1 is 1.35 bits per heavy atom. The van der Waals surface area contributed by atoms with E-state index in [4.69, 9.17) is 11.2 Å². The van der Waals surface area contributed by atoms with Crippen LogP contribution in [0.15, 0.2) is 24.3 Å². The molecule has 0 amide bonds. The molecule has 0 aliphatic carbocycles. The highest BCUT2D eigenvalue weighted by Gasteiger charge is 2.46. The number of terminal acetylenes is 1. The Balaban J connectivity index is 1.92.